The zero-order valence-electron chi connectivity index (χ0n) is 9.51. The third kappa shape index (κ3) is 4.63. The van der Waals surface area contributed by atoms with Crippen LogP contribution in [-0.2, 0) is 16.3 Å². The molecular formula is C11H17NO3S. The van der Waals surface area contributed by atoms with Gasteiger partial charge in [-0.05, 0) is 24.1 Å². The predicted molar refractivity (Wildman–Crippen MR) is 64.4 cm³/mol. The molecule has 0 fully saturated rings. The molecule has 0 saturated carbocycles. The molecule has 90 valence electrons. The second-order valence-electron chi connectivity index (χ2n) is 3.90. The molecular weight excluding hydrogens is 226 g/mol. The molecule has 1 aromatic rings. The van der Waals surface area contributed by atoms with E-state index >= 15 is 0 Å². The van der Waals surface area contributed by atoms with Crippen LogP contribution in [0.3, 0.4) is 0 Å². The summed E-state index contributed by atoms with van der Waals surface area (Å²) in [5.41, 5.74) is 6.76. The van der Waals surface area contributed by atoms with Crippen molar-refractivity contribution in [3.05, 3.63) is 29.8 Å². The molecule has 0 aliphatic rings. The van der Waals surface area contributed by atoms with Crippen molar-refractivity contribution < 1.29 is 13.2 Å². The zero-order valence-corrected chi connectivity index (χ0v) is 10.3. The van der Waals surface area contributed by atoms with Gasteiger partial charge in [0, 0.05) is 12.3 Å². The van der Waals surface area contributed by atoms with Gasteiger partial charge in [0.2, 0.25) is 0 Å². The van der Waals surface area contributed by atoms with Gasteiger partial charge in [0.25, 0.3) is 0 Å². The maximum absolute atomic E-state index is 11.0. The lowest BCUT2D eigenvalue weighted by molar-refractivity contribution is 0.414. The van der Waals surface area contributed by atoms with Crippen LogP contribution in [0.15, 0.2) is 24.3 Å². The number of benzene rings is 1. The molecule has 1 atom stereocenters. The van der Waals surface area contributed by atoms with Crippen LogP contribution in [0.25, 0.3) is 0 Å². The fourth-order valence-electron chi connectivity index (χ4n) is 1.51. The lowest BCUT2D eigenvalue weighted by atomic mass is 10.1. The van der Waals surface area contributed by atoms with Gasteiger partial charge in [0.1, 0.15) is 15.6 Å². The molecule has 2 N–H and O–H groups in total. The fourth-order valence-corrected chi connectivity index (χ4v) is 2.41. The summed E-state index contributed by atoms with van der Waals surface area (Å²) in [6.07, 6.45) is 1.75. The van der Waals surface area contributed by atoms with Crippen molar-refractivity contribution in [3.8, 4) is 5.75 Å². The molecule has 16 heavy (non-hydrogen) atoms. The lowest BCUT2D eigenvalue weighted by Gasteiger charge is -2.10. The smallest absolute Gasteiger partial charge is 0.148 e. The first-order chi connectivity index (χ1) is 7.40. The van der Waals surface area contributed by atoms with E-state index in [1.807, 2.05) is 24.3 Å². The average Bonchev–Trinajstić information content (AvgIpc) is 2.16. The van der Waals surface area contributed by atoms with E-state index in [0.29, 0.717) is 6.42 Å². The molecule has 0 radical (unpaired) electrons. The Morgan fingerprint density at radius 2 is 1.88 bits per heavy atom. The van der Waals surface area contributed by atoms with Crippen LogP contribution >= 0.6 is 0 Å². The number of nitrogens with two attached hydrogens (primary N) is 1. The van der Waals surface area contributed by atoms with Gasteiger partial charge in [0.05, 0.1) is 12.9 Å². The Hall–Kier alpha value is -1.07. The van der Waals surface area contributed by atoms with E-state index in [0.717, 1.165) is 11.3 Å². The second kappa shape index (κ2) is 5.32. The van der Waals surface area contributed by atoms with Crippen molar-refractivity contribution in [1.29, 1.82) is 0 Å². The topological polar surface area (TPSA) is 69.4 Å². The summed E-state index contributed by atoms with van der Waals surface area (Å²) in [5.74, 6) is 0.791. The first-order valence-corrected chi connectivity index (χ1v) is 7.03. The number of hydrogen-bond acceptors (Lipinski definition) is 4. The zero-order chi connectivity index (χ0) is 12.2. The Balaban J connectivity index is 2.59. The summed E-state index contributed by atoms with van der Waals surface area (Å²) in [6.45, 7) is 0. The molecule has 0 aliphatic carbocycles. The molecule has 1 unspecified atom stereocenters. The van der Waals surface area contributed by atoms with Gasteiger partial charge in [-0.25, -0.2) is 8.42 Å². The van der Waals surface area contributed by atoms with Crippen LogP contribution in [0.5, 0.6) is 5.75 Å². The first-order valence-electron chi connectivity index (χ1n) is 4.97. The quantitative estimate of drug-likeness (QED) is 0.822. The molecule has 0 bridgehead atoms. The molecule has 0 saturated heterocycles. The highest BCUT2D eigenvalue weighted by Crippen LogP contribution is 2.12. The largest absolute Gasteiger partial charge is 0.497 e. The number of ether oxygens (including phenoxy) is 1. The molecule has 5 heteroatoms. The summed E-state index contributed by atoms with van der Waals surface area (Å²) in [6, 6.07) is 7.09. The van der Waals surface area contributed by atoms with Crippen LogP contribution in [-0.4, -0.2) is 33.6 Å². The normalized spacial score (nSPS) is 13.4. The number of hydrogen-bond donors (Lipinski definition) is 1. The summed E-state index contributed by atoms with van der Waals surface area (Å²) < 4.78 is 27.1. The highest BCUT2D eigenvalue weighted by atomic mass is 32.2. The third-order valence-corrected chi connectivity index (χ3v) is 3.21. The van der Waals surface area contributed by atoms with Gasteiger partial charge in [-0.1, -0.05) is 12.1 Å². The van der Waals surface area contributed by atoms with Crippen LogP contribution in [0, 0.1) is 0 Å². The van der Waals surface area contributed by atoms with Crippen LogP contribution in [0.2, 0.25) is 0 Å². The minimum absolute atomic E-state index is 0.0129. The SMILES string of the molecule is COc1ccc(CC(N)CS(C)(=O)=O)cc1. The van der Waals surface area contributed by atoms with Gasteiger partial charge < -0.3 is 10.5 Å². The van der Waals surface area contributed by atoms with Crippen molar-refractivity contribution >= 4 is 9.84 Å². The number of methoxy groups -OCH3 is 1. The van der Waals surface area contributed by atoms with E-state index in [1.54, 1.807) is 7.11 Å². The summed E-state index contributed by atoms with van der Waals surface area (Å²) in [4.78, 5) is 0. The van der Waals surface area contributed by atoms with Crippen LogP contribution < -0.4 is 10.5 Å². The van der Waals surface area contributed by atoms with Gasteiger partial charge in [-0.3, -0.25) is 0 Å². The molecule has 0 heterocycles. The third-order valence-electron chi connectivity index (χ3n) is 2.17. The monoisotopic (exact) mass is 243 g/mol. The average molecular weight is 243 g/mol. The second-order valence-corrected chi connectivity index (χ2v) is 6.09. The molecule has 1 aromatic carbocycles. The Morgan fingerprint density at radius 3 is 2.31 bits per heavy atom. The van der Waals surface area contributed by atoms with E-state index in [2.05, 4.69) is 0 Å². The van der Waals surface area contributed by atoms with E-state index in [4.69, 9.17) is 10.5 Å². The molecule has 0 aromatic heterocycles. The lowest BCUT2D eigenvalue weighted by Crippen LogP contribution is -2.31. The van der Waals surface area contributed by atoms with Gasteiger partial charge in [-0.15, -0.1) is 0 Å². The van der Waals surface area contributed by atoms with Crippen molar-refractivity contribution in [1.82, 2.24) is 0 Å². The molecule has 1 rings (SSSR count). The van der Waals surface area contributed by atoms with Crippen LogP contribution in [0.4, 0.5) is 0 Å². The maximum atomic E-state index is 11.0. The number of sulfone groups is 1. The highest BCUT2D eigenvalue weighted by molar-refractivity contribution is 7.90. The van der Waals surface area contributed by atoms with E-state index < -0.39 is 9.84 Å². The Labute approximate surface area is 96.3 Å². The predicted octanol–water partition coefficient (Wildman–Crippen LogP) is 0.610. The highest BCUT2D eigenvalue weighted by Gasteiger charge is 2.11. The fraction of sp³-hybridized carbons (Fsp3) is 0.455. The minimum Gasteiger partial charge on any atom is -0.497 e. The molecule has 4 nitrogen and oxygen atoms in total. The van der Waals surface area contributed by atoms with E-state index in [9.17, 15) is 8.42 Å². The number of rotatable bonds is 5. The van der Waals surface area contributed by atoms with Crippen molar-refractivity contribution in [3.63, 3.8) is 0 Å². The molecule has 0 spiro atoms. The Bertz CT molecular complexity index is 425. The molecule has 0 aliphatic heterocycles. The van der Waals surface area contributed by atoms with Crippen molar-refractivity contribution in [2.75, 3.05) is 19.1 Å². The summed E-state index contributed by atoms with van der Waals surface area (Å²) >= 11 is 0. The van der Waals surface area contributed by atoms with Gasteiger partial charge >= 0.3 is 0 Å². The van der Waals surface area contributed by atoms with E-state index in [-0.39, 0.29) is 11.8 Å². The minimum atomic E-state index is -3.01. The Morgan fingerprint density at radius 1 is 1.31 bits per heavy atom. The van der Waals surface area contributed by atoms with Gasteiger partial charge in [-0.2, -0.15) is 0 Å². The first kappa shape index (κ1) is 13.0. The summed E-state index contributed by atoms with van der Waals surface area (Å²) in [5, 5.41) is 0. The van der Waals surface area contributed by atoms with E-state index in [1.165, 1.54) is 6.26 Å². The Kier molecular flexibility index (Phi) is 4.32. The van der Waals surface area contributed by atoms with Crippen molar-refractivity contribution in [2.24, 2.45) is 5.73 Å². The molecule has 0 amide bonds. The van der Waals surface area contributed by atoms with Crippen molar-refractivity contribution in [2.45, 2.75) is 12.5 Å². The maximum Gasteiger partial charge on any atom is 0.148 e. The van der Waals surface area contributed by atoms with Crippen LogP contribution in [0.1, 0.15) is 5.56 Å². The standard InChI is InChI=1S/C11H17NO3S/c1-15-11-5-3-9(4-6-11)7-10(12)8-16(2,13)14/h3-6,10H,7-8,12H2,1-2H3. The van der Waals surface area contributed by atoms with Gasteiger partial charge in [0.15, 0.2) is 0 Å². The summed E-state index contributed by atoms with van der Waals surface area (Å²) in [7, 11) is -1.40.